The maximum Gasteiger partial charge on any atom is 0.221 e. The Morgan fingerprint density at radius 3 is 2.83 bits per heavy atom. The molecule has 2 rings (SSSR count). The second-order valence-electron chi connectivity index (χ2n) is 5.76. The maximum absolute atomic E-state index is 11.6. The van der Waals surface area contributed by atoms with Gasteiger partial charge in [0, 0.05) is 26.1 Å². The third-order valence-electron chi connectivity index (χ3n) is 4.59. The van der Waals surface area contributed by atoms with E-state index in [1.54, 1.807) is 7.11 Å². The van der Waals surface area contributed by atoms with Gasteiger partial charge in [0.15, 0.2) is 0 Å². The number of nitrogens with one attached hydrogen (secondary N) is 1. The van der Waals surface area contributed by atoms with Crippen molar-refractivity contribution < 1.29 is 9.53 Å². The monoisotopic (exact) mass is 254 g/mol. The SMILES string of the molecule is COC1CC(NC(=O)CCN)CC2CCCCC21. The van der Waals surface area contributed by atoms with Gasteiger partial charge in [0.1, 0.15) is 0 Å². The van der Waals surface area contributed by atoms with Crippen LogP contribution in [0.1, 0.15) is 44.9 Å². The summed E-state index contributed by atoms with van der Waals surface area (Å²) >= 11 is 0. The van der Waals surface area contributed by atoms with Crippen molar-refractivity contribution in [1.82, 2.24) is 5.32 Å². The van der Waals surface area contributed by atoms with Gasteiger partial charge in [-0.05, 0) is 31.1 Å². The molecule has 4 nitrogen and oxygen atoms in total. The number of methoxy groups -OCH3 is 1. The van der Waals surface area contributed by atoms with Crippen LogP contribution in [0.5, 0.6) is 0 Å². The Balaban J connectivity index is 1.92. The molecule has 104 valence electrons. The number of hydrogen-bond acceptors (Lipinski definition) is 3. The Bertz CT molecular complexity index is 275. The van der Waals surface area contributed by atoms with Gasteiger partial charge in [0.05, 0.1) is 6.10 Å². The summed E-state index contributed by atoms with van der Waals surface area (Å²) in [7, 11) is 1.81. The van der Waals surface area contributed by atoms with E-state index in [0.29, 0.717) is 25.0 Å². The molecule has 0 aromatic rings. The van der Waals surface area contributed by atoms with Crippen molar-refractivity contribution in [2.45, 2.75) is 57.1 Å². The van der Waals surface area contributed by atoms with Crippen LogP contribution in [0.15, 0.2) is 0 Å². The third-order valence-corrected chi connectivity index (χ3v) is 4.59. The zero-order chi connectivity index (χ0) is 13.0. The van der Waals surface area contributed by atoms with Gasteiger partial charge < -0.3 is 15.8 Å². The van der Waals surface area contributed by atoms with Crippen molar-refractivity contribution in [3.63, 3.8) is 0 Å². The minimum Gasteiger partial charge on any atom is -0.381 e. The van der Waals surface area contributed by atoms with E-state index in [2.05, 4.69) is 5.32 Å². The number of carbonyl (C=O) groups is 1. The molecule has 18 heavy (non-hydrogen) atoms. The standard InChI is InChI=1S/C14H26N2O2/c1-18-13-9-11(16-14(17)6-7-15)8-10-4-2-3-5-12(10)13/h10-13H,2-9,15H2,1H3,(H,16,17). The molecule has 1 amide bonds. The van der Waals surface area contributed by atoms with E-state index < -0.39 is 0 Å². The van der Waals surface area contributed by atoms with Crippen molar-refractivity contribution in [3.8, 4) is 0 Å². The minimum absolute atomic E-state index is 0.0895. The van der Waals surface area contributed by atoms with E-state index in [0.717, 1.165) is 18.8 Å². The summed E-state index contributed by atoms with van der Waals surface area (Å²) in [4.78, 5) is 11.6. The zero-order valence-electron chi connectivity index (χ0n) is 11.4. The second kappa shape index (κ2) is 6.53. The van der Waals surface area contributed by atoms with Crippen LogP contribution in [0.2, 0.25) is 0 Å². The Hall–Kier alpha value is -0.610. The molecule has 0 heterocycles. The fourth-order valence-electron chi connectivity index (χ4n) is 3.76. The summed E-state index contributed by atoms with van der Waals surface area (Å²) < 4.78 is 5.66. The lowest BCUT2D eigenvalue weighted by Crippen LogP contribution is -2.48. The van der Waals surface area contributed by atoms with Gasteiger partial charge in [-0.2, -0.15) is 0 Å². The molecule has 2 fully saturated rings. The normalized spacial score (nSPS) is 35.9. The van der Waals surface area contributed by atoms with Gasteiger partial charge in [-0.3, -0.25) is 4.79 Å². The molecule has 2 aliphatic rings. The third kappa shape index (κ3) is 3.23. The number of amides is 1. The summed E-state index contributed by atoms with van der Waals surface area (Å²) in [6.07, 6.45) is 8.12. The molecule has 0 aromatic heterocycles. The first kappa shape index (κ1) is 13.8. The van der Waals surface area contributed by atoms with Crippen LogP contribution in [0, 0.1) is 11.8 Å². The van der Waals surface area contributed by atoms with Gasteiger partial charge in [-0.15, -0.1) is 0 Å². The molecule has 4 unspecified atom stereocenters. The van der Waals surface area contributed by atoms with Crippen LogP contribution < -0.4 is 11.1 Å². The molecule has 0 saturated heterocycles. The highest BCUT2D eigenvalue weighted by Crippen LogP contribution is 2.41. The number of ether oxygens (including phenoxy) is 1. The summed E-state index contributed by atoms with van der Waals surface area (Å²) in [6.45, 7) is 0.429. The smallest absolute Gasteiger partial charge is 0.221 e. The number of rotatable bonds is 4. The molecular formula is C14H26N2O2. The molecule has 0 aliphatic heterocycles. The fraction of sp³-hybridized carbons (Fsp3) is 0.929. The molecule has 2 saturated carbocycles. The molecule has 3 N–H and O–H groups in total. The molecule has 4 atom stereocenters. The summed E-state index contributed by atoms with van der Waals surface area (Å²) in [5.41, 5.74) is 5.41. The van der Waals surface area contributed by atoms with E-state index in [4.69, 9.17) is 10.5 Å². The lowest BCUT2D eigenvalue weighted by Gasteiger charge is -2.44. The topological polar surface area (TPSA) is 64.3 Å². The van der Waals surface area contributed by atoms with Gasteiger partial charge in [-0.25, -0.2) is 0 Å². The van der Waals surface area contributed by atoms with E-state index in [9.17, 15) is 4.79 Å². The van der Waals surface area contributed by atoms with Crippen molar-refractivity contribution in [2.75, 3.05) is 13.7 Å². The van der Waals surface area contributed by atoms with Gasteiger partial charge in [-0.1, -0.05) is 19.3 Å². The molecule has 0 bridgehead atoms. The number of fused-ring (bicyclic) bond motifs is 1. The number of carbonyl (C=O) groups excluding carboxylic acids is 1. The van der Waals surface area contributed by atoms with Crippen molar-refractivity contribution in [1.29, 1.82) is 0 Å². The minimum atomic E-state index is 0.0895. The zero-order valence-corrected chi connectivity index (χ0v) is 11.4. The Kier molecular flexibility index (Phi) is 5.01. The average Bonchev–Trinajstić information content (AvgIpc) is 2.38. The van der Waals surface area contributed by atoms with Crippen LogP contribution in [0.4, 0.5) is 0 Å². The number of nitrogens with two attached hydrogens (primary N) is 1. The van der Waals surface area contributed by atoms with Gasteiger partial charge in [0.2, 0.25) is 5.91 Å². The van der Waals surface area contributed by atoms with Gasteiger partial charge in [0.25, 0.3) is 0 Å². The van der Waals surface area contributed by atoms with Gasteiger partial charge >= 0.3 is 0 Å². The van der Waals surface area contributed by atoms with Crippen LogP contribution >= 0.6 is 0 Å². The quantitative estimate of drug-likeness (QED) is 0.798. The predicted molar refractivity (Wildman–Crippen MR) is 71.1 cm³/mol. The van der Waals surface area contributed by atoms with Crippen molar-refractivity contribution in [2.24, 2.45) is 17.6 Å². The van der Waals surface area contributed by atoms with Crippen LogP contribution in [-0.2, 0) is 9.53 Å². The Morgan fingerprint density at radius 1 is 1.33 bits per heavy atom. The molecular weight excluding hydrogens is 228 g/mol. The maximum atomic E-state index is 11.6. The molecule has 0 radical (unpaired) electrons. The van der Waals surface area contributed by atoms with Crippen LogP contribution in [-0.4, -0.2) is 31.7 Å². The van der Waals surface area contributed by atoms with Crippen LogP contribution in [0.25, 0.3) is 0 Å². The lowest BCUT2D eigenvalue weighted by molar-refractivity contribution is -0.123. The first-order valence-electron chi connectivity index (χ1n) is 7.26. The molecule has 0 spiro atoms. The Morgan fingerprint density at radius 2 is 2.11 bits per heavy atom. The summed E-state index contributed by atoms with van der Waals surface area (Å²) in [5.74, 6) is 1.54. The largest absolute Gasteiger partial charge is 0.381 e. The predicted octanol–water partition coefficient (Wildman–Crippen LogP) is 1.44. The first-order chi connectivity index (χ1) is 8.74. The average molecular weight is 254 g/mol. The molecule has 4 heteroatoms. The lowest BCUT2D eigenvalue weighted by atomic mass is 9.68. The summed E-state index contributed by atoms with van der Waals surface area (Å²) in [5, 5.41) is 3.12. The van der Waals surface area contributed by atoms with Crippen molar-refractivity contribution in [3.05, 3.63) is 0 Å². The van der Waals surface area contributed by atoms with E-state index in [1.807, 2.05) is 0 Å². The molecule has 2 aliphatic carbocycles. The highest BCUT2D eigenvalue weighted by atomic mass is 16.5. The fourth-order valence-corrected chi connectivity index (χ4v) is 3.76. The van der Waals surface area contributed by atoms with Crippen molar-refractivity contribution >= 4 is 5.91 Å². The van der Waals surface area contributed by atoms with E-state index >= 15 is 0 Å². The highest BCUT2D eigenvalue weighted by Gasteiger charge is 2.39. The summed E-state index contributed by atoms with van der Waals surface area (Å²) in [6, 6.07) is 0.286. The first-order valence-corrected chi connectivity index (χ1v) is 7.26. The number of hydrogen-bond donors (Lipinski definition) is 2. The van der Waals surface area contributed by atoms with E-state index in [-0.39, 0.29) is 11.9 Å². The second-order valence-corrected chi connectivity index (χ2v) is 5.76. The van der Waals surface area contributed by atoms with E-state index in [1.165, 1.54) is 25.7 Å². The highest BCUT2D eigenvalue weighted by molar-refractivity contribution is 5.76. The Labute approximate surface area is 110 Å². The van der Waals surface area contributed by atoms with Crippen LogP contribution in [0.3, 0.4) is 0 Å². The molecule has 0 aromatic carbocycles.